The van der Waals surface area contributed by atoms with Crippen molar-refractivity contribution in [3.05, 3.63) is 128 Å². The van der Waals surface area contributed by atoms with E-state index in [0.717, 1.165) is 0 Å². The maximum Gasteiger partial charge on any atom is 0.279 e. The lowest BCUT2D eigenvalue weighted by molar-refractivity contribution is -0.384. The number of aromatic nitrogens is 3. The number of benzene rings is 4. The van der Waals surface area contributed by atoms with Crippen LogP contribution in [0.3, 0.4) is 0 Å². The van der Waals surface area contributed by atoms with Gasteiger partial charge in [-0.15, -0.1) is 0 Å². The van der Waals surface area contributed by atoms with Crippen LogP contribution < -0.4 is 15.9 Å². The summed E-state index contributed by atoms with van der Waals surface area (Å²) in [6.07, 6.45) is 0. The second-order valence-electron chi connectivity index (χ2n) is 9.60. The minimum Gasteiger partial charge on any atom is -0.497 e. The van der Waals surface area contributed by atoms with Crippen molar-refractivity contribution in [2.45, 2.75) is 0 Å². The Morgan fingerprint density at radius 1 is 0.780 bits per heavy atom. The van der Waals surface area contributed by atoms with Gasteiger partial charge in [0.1, 0.15) is 11.4 Å². The van der Waals surface area contributed by atoms with Crippen LogP contribution in [-0.2, 0) is 0 Å². The van der Waals surface area contributed by atoms with Gasteiger partial charge in [0, 0.05) is 45.1 Å². The average molecular weight is 541 g/mol. The number of nitro groups is 1. The summed E-state index contributed by atoms with van der Waals surface area (Å²) in [5, 5.41) is 14.5. The molecule has 3 heterocycles. The van der Waals surface area contributed by atoms with Crippen molar-refractivity contribution < 1.29 is 9.66 Å². The lowest BCUT2D eigenvalue weighted by Gasteiger charge is -2.24. The molecule has 0 spiro atoms. The van der Waals surface area contributed by atoms with Gasteiger partial charge in [-0.3, -0.25) is 24.3 Å². The Balaban J connectivity index is 1.79. The number of hydrogen-bond donors (Lipinski definition) is 1. The fraction of sp³-hybridized carbons (Fsp3) is 0.0312. The van der Waals surface area contributed by atoms with Gasteiger partial charge in [-0.1, -0.05) is 36.4 Å². The van der Waals surface area contributed by atoms with Crippen molar-refractivity contribution in [1.29, 1.82) is 0 Å². The van der Waals surface area contributed by atoms with Crippen LogP contribution in [0.15, 0.2) is 107 Å². The topological polar surface area (TPSA) is 120 Å². The van der Waals surface area contributed by atoms with E-state index in [0.29, 0.717) is 66.5 Å². The third-order valence-electron chi connectivity index (χ3n) is 7.40. The Hall–Kier alpha value is -5.83. The maximum absolute atomic E-state index is 13.4. The molecule has 9 heteroatoms. The first kappa shape index (κ1) is 24.2. The summed E-state index contributed by atoms with van der Waals surface area (Å²) in [7, 11) is 1.58. The van der Waals surface area contributed by atoms with Crippen LogP contribution in [-0.4, -0.2) is 26.6 Å². The molecule has 1 N–H and O–H groups in total. The largest absolute Gasteiger partial charge is 0.497 e. The third kappa shape index (κ3) is 3.67. The maximum atomic E-state index is 13.4. The zero-order chi connectivity index (χ0) is 28.2. The predicted molar refractivity (Wildman–Crippen MR) is 158 cm³/mol. The van der Waals surface area contributed by atoms with Crippen LogP contribution in [0.1, 0.15) is 0 Å². The zero-order valence-corrected chi connectivity index (χ0v) is 21.6. The first-order valence-electron chi connectivity index (χ1n) is 12.8. The van der Waals surface area contributed by atoms with Crippen LogP contribution in [0.5, 0.6) is 5.75 Å². The fourth-order valence-electron chi connectivity index (χ4n) is 5.57. The van der Waals surface area contributed by atoms with Crippen LogP contribution in [0.2, 0.25) is 0 Å². The molecule has 198 valence electrons. The minimum atomic E-state index is -0.448. The van der Waals surface area contributed by atoms with E-state index in [4.69, 9.17) is 4.74 Å². The Morgan fingerprint density at radius 3 is 2.07 bits per heavy atom. The van der Waals surface area contributed by atoms with Gasteiger partial charge < -0.3 is 9.72 Å². The van der Waals surface area contributed by atoms with Gasteiger partial charge in [0.25, 0.3) is 16.8 Å². The van der Waals surface area contributed by atoms with Crippen LogP contribution >= 0.6 is 0 Å². The van der Waals surface area contributed by atoms with Gasteiger partial charge in [0.15, 0.2) is 5.82 Å². The summed E-state index contributed by atoms with van der Waals surface area (Å²) in [5.41, 5.74) is 2.39. The van der Waals surface area contributed by atoms with Crippen molar-refractivity contribution in [3.63, 3.8) is 0 Å². The number of rotatable bonds is 4. The summed E-state index contributed by atoms with van der Waals surface area (Å²) >= 11 is 0. The third-order valence-corrected chi connectivity index (χ3v) is 7.40. The molecule has 0 fully saturated rings. The number of non-ortho nitro benzene ring substituents is 1. The highest BCUT2D eigenvalue weighted by Crippen LogP contribution is 2.45. The van der Waals surface area contributed by atoms with Crippen molar-refractivity contribution in [1.82, 2.24) is 14.5 Å². The highest BCUT2D eigenvalue weighted by molar-refractivity contribution is 6.19. The number of nitrogens with one attached hydrogen (secondary N) is 1. The van der Waals surface area contributed by atoms with E-state index < -0.39 is 10.5 Å². The van der Waals surface area contributed by atoms with Gasteiger partial charge in [-0.2, -0.15) is 4.98 Å². The molecule has 0 atom stereocenters. The molecule has 2 aliphatic rings. The SMILES string of the molecule is COc1ccc(-n2c3nc(=O)c4ccccc4c-3c(-c3ccc([N+](=O)[O-])cc3)c3c4ccccc4c(=O)[nH]c32)cc1. The van der Waals surface area contributed by atoms with Gasteiger partial charge in [-0.05, 0) is 64.9 Å². The number of ether oxygens (including phenoxy) is 1. The highest BCUT2D eigenvalue weighted by Gasteiger charge is 2.27. The number of aromatic amines is 1. The van der Waals surface area contributed by atoms with Crippen LogP contribution in [0, 0.1) is 10.1 Å². The van der Waals surface area contributed by atoms with Gasteiger partial charge in [0.2, 0.25) is 0 Å². The molecule has 41 heavy (non-hydrogen) atoms. The Kier molecular flexibility index (Phi) is 5.39. The van der Waals surface area contributed by atoms with Gasteiger partial charge >= 0.3 is 0 Å². The molecule has 1 aromatic heterocycles. The number of hydrogen-bond acceptors (Lipinski definition) is 6. The summed E-state index contributed by atoms with van der Waals surface area (Å²) in [6, 6.07) is 28.1. The smallest absolute Gasteiger partial charge is 0.279 e. The van der Waals surface area contributed by atoms with Crippen molar-refractivity contribution in [2.75, 3.05) is 7.11 Å². The average Bonchev–Trinajstić information content (AvgIpc) is 3.00. The number of pyridine rings is 3. The zero-order valence-electron chi connectivity index (χ0n) is 21.6. The van der Waals surface area contributed by atoms with E-state index in [1.54, 1.807) is 60.2 Å². The summed E-state index contributed by atoms with van der Waals surface area (Å²) in [4.78, 5) is 45.4. The van der Waals surface area contributed by atoms with Gasteiger partial charge in [-0.25, -0.2) is 0 Å². The molecule has 0 unspecified atom stereocenters. The normalized spacial score (nSPS) is 11.4. The quantitative estimate of drug-likeness (QED) is 0.125. The van der Waals surface area contributed by atoms with E-state index in [2.05, 4.69) is 9.97 Å². The molecule has 4 aromatic carbocycles. The molecule has 9 nitrogen and oxygen atoms in total. The second-order valence-corrected chi connectivity index (χ2v) is 9.60. The number of nitrogens with zero attached hydrogens (tertiary/aromatic N) is 3. The van der Waals surface area contributed by atoms with E-state index in [1.165, 1.54) is 12.1 Å². The molecule has 0 bridgehead atoms. The highest BCUT2D eigenvalue weighted by atomic mass is 16.6. The van der Waals surface area contributed by atoms with Crippen LogP contribution in [0.4, 0.5) is 5.69 Å². The first-order valence-corrected chi connectivity index (χ1v) is 12.8. The summed E-state index contributed by atoms with van der Waals surface area (Å²) in [6.45, 7) is 0. The minimum absolute atomic E-state index is 0.0466. The summed E-state index contributed by atoms with van der Waals surface area (Å²) in [5.74, 6) is 0.984. The number of nitro benzene ring substituents is 1. The van der Waals surface area contributed by atoms with E-state index in [-0.39, 0.29) is 11.2 Å². The Bertz CT molecular complexity index is 2230. The molecule has 7 rings (SSSR count). The van der Waals surface area contributed by atoms with Crippen molar-refractivity contribution in [3.8, 4) is 34.0 Å². The number of fused-ring (bicyclic) bond motifs is 6. The van der Waals surface area contributed by atoms with Crippen LogP contribution in [0.25, 0.3) is 60.8 Å². The van der Waals surface area contributed by atoms with E-state index >= 15 is 0 Å². The molecule has 0 aliphatic carbocycles. The molecular formula is C32H20N4O5. The van der Waals surface area contributed by atoms with E-state index in [1.807, 2.05) is 36.4 Å². The summed E-state index contributed by atoms with van der Waals surface area (Å²) < 4.78 is 7.13. The molecule has 0 radical (unpaired) electrons. The number of methoxy groups -OCH3 is 1. The van der Waals surface area contributed by atoms with Crippen molar-refractivity contribution in [2.24, 2.45) is 0 Å². The standard InChI is InChI=1S/C32H20N4O5/c1-41-21-16-14-19(15-17-21)35-29-27(22-6-2-4-8-24(22)31(37)33-29)26(18-10-12-20(13-11-18)36(39)40)28-23-7-3-5-9-25(23)32(38)34-30(28)35/h2-17H,1H3,(H,33,37). The fourth-order valence-corrected chi connectivity index (χ4v) is 5.57. The lowest BCUT2D eigenvalue weighted by atomic mass is 9.89. The van der Waals surface area contributed by atoms with Gasteiger partial charge in [0.05, 0.1) is 12.0 Å². The lowest BCUT2D eigenvalue weighted by Crippen LogP contribution is -2.19. The van der Waals surface area contributed by atoms with E-state index in [9.17, 15) is 19.7 Å². The number of H-pyrrole nitrogens is 1. The Morgan fingerprint density at radius 2 is 1.41 bits per heavy atom. The predicted octanol–water partition coefficient (Wildman–Crippen LogP) is 6.07. The molecule has 5 aromatic rings. The molecular weight excluding hydrogens is 520 g/mol. The molecule has 0 saturated heterocycles. The molecule has 2 aliphatic heterocycles. The Labute approximate surface area is 231 Å². The first-order chi connectivity index (χ1) is 20.0. The second kappa shape index (κ2) is 9.13. The molecule has 0 amide bonds. The van der Waals surface area contributed by atoms with Crippen molar-refractivity contribution >= 4 is 38.3 Å². The monoisotopic (exact) mass is 540 g/mol. The molecule has 0 saturated carbocycles.